The van der Waals surface area contributed by atoms with Gasteiger partial charge in [-0.1, -0.05) is 48.5 Å². The number of aromatic nitrogens is 1. The molecule has 0 aliphatic carbocycles. The molecule has 1 saturated heterocycles. The summed E-state index contributed by atoms with van der Waals surface area (Å²) in [5.41, 5.74) is 3.07. The van der Waals surface area contributed by atoms with E-state index in [1.165, 1.54) is 4.90 Å². The fourth-order valence-corrected chi connectivity index (χ4v) is 3.63. The van der Waals surface area contributed by atoms with Crippen molar-refractivity contribution in [3.8, 4) is 0 Å². The minimum Gasteiger partial charge on any atom is -0.445 e. The molecule has 26 heavy (non-hydrogen) atoms. The summed E-state index contributed by atoms with van der Waals surface area (Å²) in [7, 11) is 0. The Balaban J connectivity index is 1.45. The van der Waals surface area contributed by atoms with Crippen molar-refractivity contribution in [3.05, 3.63) is 71.9 Å². The lowest BCUT2D eigenvalue weighted by Crippen LogP contribution is -2.37. The van der Waals surface area contributed by atoms with Gasteiger partial charge in [-0.05, 0) is 23.6 Å². The smallest absolute Gasteiger partial charge is 0.410 e. The topological polar surface area (TPSA) is 45.3 Å². The summed E-state index contributed by atoms with van der Waals surface area (Å²) < 4.78 is 19.4. The van der Waals surface area contributed by atoms with E-state index in [-0.39, 0.29) is 19.2 Å². The molecule has 0 spiro atoms. The molecule has 1 fully saturated rings. The van der Waals surface area contributed by atoms with E-state index in [1.54, 1.807) is 0 Å². The number of hydrogen-bond donors (Lipinski definition) is 1. The van der Waals surface area contributed by atoms with Gasteiger partial charge in [-0.15, -0.1) is 0 Å². The SMILES string of the molecule is O=C(OCc1ccccc1)N1C[C@@H](F)C[C@H]1Cc1c[nH]c2ccccc12. The first-order valence-electron chi connectivity index (χ1n) is 8.87. The highest BCUT2D eigenvalue weighted by atomic mass is 19.1. The number of fused-ring (bicyclic) bond motifs is 1. The van der Waals surface area contributed by atoms with E-state index >= 15 is 0 Å². The molecular weight excluding hydrogens is 331 g/mol. The van der Waals surface area contributed by atoms with E-state index in [0.717, 1.165) is 22.0 Å². The summed E-state index contributed by atoms with van der Waals surface area (Å²) in [6, 6.07) is 17.3. The van der Waals surface area contributed by atoms with Gasteiger partial charge < -0.3 is 14.6 Å². The Bertz CT molecular complexity index is 893. The summed E-state index contributed by atoms with van der Waals surface area (Å²) in [5, 5.41) is 1.12. The van der Waals surface area contributed by atoms with Crippen LogP contribution in [0.1, 0.15) is 17.5 Å². The van der Waals surface area contributed by atoms with Crippen molar-refractivity contribution in [1.82, 2.24) is 9.88 Å². The first kappa shape index (κ1) is 16.6. The molecule has 4 nitrogen and oxygen atoms in total. The Morgan fingerprint density at radius 2 is 1.92 bits per heavy atom. The van der Waals surface area contributed by atoms with Crippen LogP contribution in [0.15, 0.2) is 60.8 Å². The van der Waals surface area contributed by atoms with E-state index in [9.17, 15) is 9.18 Å². The third kappa shape index (κ3) is 3.43. The summed E-state index contributed by atoms with van der Waals surface area (Å²) in [5.74, 6) is 0. The Kier molecular flexibility index (Phi) is 4.61. The molecule has 0 bridgehead atoms. The highest BCUT2D eigenvalue weighted by Gasteiger charge is 2.36. The van der Waals surface area contributed by atoms with E-state index in [1.807, 2.05) is 60.8 Å². The fraction of sp³-hybridized carbons (Fsp3) is 0.286. The van der Waals surface area contributed by atoms with Crippen LogP contribution in [0, 0.1) is 0 Å². The number of nitrogens with zero attached hydrogens (tertiary/aromatic N) is 1. The molecule has 4 rings (SSSR count). The second kappa shape index (κ2) is 7.20. The molecule has 1 amide bonds. The number of H-pyrrole nitrogens is 1. The van der Waals surface area contributed by atoms with Crippen molar-refractivity contribution in [3.63, 3.8) is 0 Å². The number of benzene rings is 2. The Hall–Kier alpha value is -2.82. The predicted molar refractivity (Wildman–Crippen MR) is 98.6 cm³/mol. The minimum absolute atomic E-state index is 0.0979. The predicted octanol–water partition coefficient (Wildman–Crippen LogP) is 4.46. The quantitative estimate of drug-likeness (QED) is 0.753. The van der Waals surface area contributed by atoms with Crippen molar-refractivity contribution < 1.29 is 13.9 Å². The van der Waals surface area contributed by atoms with E-state index in [4.69, 9.17) is 4.74 Å². The number of likely N-dealkylation sites (tertiary alicyclic amines) is 1. The maximum Gasteiger partial charge on any atom is 0.410 e. The number of carbonyl (C=O) groups excluding carboxylic acids is 1. The van der Waals surface area contributed by atoms with Crippen LogP contribution < -0.4 is 0 Å². The summed E-state index contributed by atoms with van der Waals surface area (Å²) in [6.45, 7) is 0.299. The lowest BCUT2D eigenvalue weighted by Gasteiger charge is -2.23. The molecule has 2 aromatic carbocycles. The van der Waals surface area contributed by atoms with Gasteiger partial charge in [-0.3, -0.25) is 0 Å². The third-order valence-corrected chi connectivity index (χ3v) is 4.93. The van der Waals surface area contributed by atoms with Crippen LogP contribution in [0.4, 0.5) is 9.18 Å². The number of hydrogen-bond acceptors (Lipinski definition) is 2. The van der Waals surface area contributed by atoms with Crippen LogP contribution in [0.5, 0.6) is 0 Å². The second-order valence-electron chi connectivity index (χ2n) is 6.74. The highest BCUT2D eigenvalue weighted by Crippen LogP contribution is 2.27. The maximum absolute atomic E-state index is 14.0. The molecule has 1 aliphatic rings. The molecule has 1 N–H and O–H groups in total. The van der Waals surface area contributed by atoms with Crippen LogP contribution in [0.25, 0.3) is 10.9 Å². The Morgan fingerprint density at radius 3 is 2.77 bits per heavy atom. The van der Waals surface area contributed by atoms with Crippen LogP contribution in [-0.4, -0.2) is 34.7 Å². The summed E-state index contributed by atoms with van der Waals surface area (Å²) in [6.07, 6.45) is 1.46. The van der Waals surface area contributed by atoms with E-state index in [2.05, 4.69) is 4.98 Å². The van der Waals surface area contributed by atoms with Crippen molar-refractivity contribution in [2.45, 2.75) is 31.7 Å². The number of carbonyl (C=O) groups is 1. The minimum atomic E-state index is -1.01. The number of nitrogens with one attached hydrogen (secondary N) is 1. The van der Waals surface area contributed by atoms with Gasteiger partial charge in [-0.2, -0.15) is 0 Å². The van der Waals surface area contributed by atoms with Crippen LogP contribution in [-0.2, 0) is 17.8 Å². The molecule has 5 heteroatoms. The molecule has 0 unspecified atom stereocenters. The lowest BCUT2D eigenvalue weighted by molar-refractivity contribution is 0.0906. The molecule has 1 aliphatic heterocycles. The molecular formula is C21H21FN2O2. The van der Waals surface area contributed by atoms with E-state index < -0.39 is 12.3 Å². The number of alkyl halides is 1. The van der Waals surface area contributed by atoms with Gasteiger partial charge in [0.05, 0.1) is 6.54 Å². The zero-order valence-corrected chi connectivity index (χ0v) is 14.4. The molecule has 134 valence electrons. The molecule has 1 aromatic heterocycles. The maximum atomic E-state index is 14.0. The van der Waals surface area contributed by atoms with Gasteiger partial charge in [0.2, 0.25) is 0 Å². The number of para-hydroxylation sites is 1. The van der Waals surface area contributed by atoms with Crippen LogP contribution >= 0.6 is 0 Å². The van der Waals surface area contributed by atoms with Gasteiger partial charge >= 0.3 is 6.09 Å². The standard InChI is InChI=1S/C21H21FN2O2/c22-17-11-18(10-16-12-23-20-9-5-4-8-19(16)20)24(13-17)21(25)26-14-15-6-2-1-3-7-15/h1-9,12,17-18,23H,10-11,13-14H2/t17-,18+/m0/s1. The van der Waals surface area contributed by atoms with Gasteiger partial charge in [0.15, 0.2) is 0 Å². The zero-order chi connectivity index (χ0) is 17.9. The fourth-order valence-electron chi connectivity index (χ4n) is 3.63. The largest absolute Gasteiger partial charge is 0.445 e. The van der Waals surface area contributed by atoms with Gasteiger partial charge in [0.25, 0.3) is 0 Å². The number of aromatic amines is 1. The van der Waals surface area contributed by atoms with Crippen molar-refractivity contribution >= 4 is 17.0 Å². The molecule has 2 heterocycles. The number of halogens is 1. The lowest BCUT2D eigenvalue weighted by atomic mass is 10.0. The summed E-state index contributed by atoms with van der Waals surface area (Å²) in [4.78, 5) is 17.3. The van der Waals surface area contributed by atoms with Gasteiger partial charge in [0, 0.05) is 29.6 Å². The third-order valence-electron chi connectivity index (χ3n) is 4.93. The first-order valence-corrected chi connectivity index (χ1v) is 8.87. The molecule has 3 aromatic rings. The highest BCUT2D eigenvalue weighted by molar-refractivity contribution is 5.83. The van der Waals surface area contributed by atoms with Crippen LogP contribution in [0.2, 0.25) is 0 Å². The average Bonchev–Trinajstić information content (AvgIpc) is 3.24. The molecule has 0 saturated carbocycles. The average molecular weight is 352 g/mol. The van der Waals surface area contributed by atoms with E-state index in [0.29, 0.717) is 12.8 Å². The number of ether oxygens (including phenoxy) is 1. The normalized spacial score (nSPS) is 19.8. The molecule has 0 radical (unpaired) electrons. The number of rotatable bonds is 4. The van der Waals surface area contributed by atoms with Crippen molar-refractivity contribution in [1.29, 1.82) is 0 Å². The summed E-state index contributed by atoms with van der Waals surface area (Å²) >= 11 is 0. The Morgan fingerprint density at radius 1 is 1.15 bits per heavy atom. The van der Waals surface area contributed by atoms with Gasteiger partial charge in [-0.25, -0.2) is 9.18 Å². The van der Waals surface area contributed by atoms with Crippen molar-refractivity contribution in [2.24, 2.45) is 0 Å². The molecule has 2 atom stereocenters. The second-order valence-corrected chi connectivity index (χ2v) is 6.74. The zero-order valence-electron chi connectivity index (χ0n) is 14.4. The first-order chi connectivity index (χ1) is 12.7. The number of amides is 1. The van der Waals surface area contributed by atoms with Crippen LogP contribution in [0.3, 0.4) is 0 Å². The Labute approximate surface area is 151 Å². The monoisotopic (exact) mass is 352 g/mol. The van der Waals surface area contributed by atoms with Crippen molar-refractivity contribution in [2.75, 3.05) is 6.54 Å². The van der Waals surface area contributed by atoms with Gasteiger partial charge in [0.1, 0.15) is 12.8 Å².